The van der Waals surface area contributed by atoms with Crippen LogP contribution in [-0.2, 0) is 16.6 Å². The van der Waals surface area contributed by atoms with Crippen molar-refractivity contribution in [2.24, 2.45) is 5.41 Å². The normalized spacial score (nSPS) is 12.7. The predicted octanol–water partition coefficient (Wildman–Crippen LogP) is 5.63. The molecule has 0 spiro atoms. The molecule has 0 bridgehead atoms. The number of nitrogens with zero attached hydrogens (tertiary/aromatic N) is 1. The van der Waals surface area contributed by atoms with Gasteiger partial charge in [-0.1, -0.05) is 53.2 Å². The topological polar surface area (TPSA) is 112 Å². The van der Waals surface area contributed by atoms with Crippen LogP contribution < -0.4 is 10.8 Å². The Bertz CT molecular complexity index is 1040. The van der Waals surface area contributed by atoms with Gasteiger partial charge in [0, 0.05) is 30.1 Å². The fourth-order valence-electron chi connectivity index (χ4n) is 4.89. The van der Waals surface area contributed by atoms with Crippen molar-refractivity contribution < 1.29 is 19.9 Å². The lowest BCUT2D eigenvalue weighted by Gasteiger charge is -2.33. The first kappa shape index (κ1) is 31.4. The predicted molar refractivity (Wildman–Crippen MR) is 151 cm³/mol. The molecule has 0 radical (unpaired) electrons. The molecule has 4 N–H and O–H groups in total. The Morgan fingerprint density at radius 2 is 1.68 bits per heavy atom. The van der Waals surface area contributed by atoms with E-state index in [0.29, 0.717) is 24.9 Å². The molecule has 1 heterocycles. The second kappa shape index (κ2) is 14.4. The number of unbranched alkanes of at least 4 members (excludes halogenated alkanes) is 2. The number of amides is 2. The quantitative estimate of drug-likeness (QED) is 0.145. The van der Waals surface area contributed by atoms with Gasteiger partial charge in [-0.05, 0) is 85.8 Å². The highest BCUT2D eigenvalue weighted by Gasteiger charge is 2.32. The Balaban J connectivity index is 2.07. The van der Waals surface area contributed by atoms with Gasteiger partial charge in [0.1, 0.15) is 0 Å². The summed E-state index contributed by atoms with van der Waals surface area (Å²) < 4.78 is 0. The van der Waals surface area contributed by atoms with Gasteiger partial charge in [0.15, 0.2) is 0 Å². The fraction of sp³-hybridized carbons (Fsp3) is 0.581. The fourth-order valence-corrected chi connectivity index (χ4v) is 4.89. The minimum absolute atomic E-state index is 0.112. The zero-order valence-corrected chi connectivity index (χ0v) is 24.1. The highest BCUT2D eigenvalue weighted by atomic mass is 16.5. The van der Waals surface area contributed by atoms with Crippen LogP contribution in [0.5, 0.6) is 0 Å². The minimum Gasteiger partial charge on any atom is -0.393 e. The molecule has 0 saturated heterocycles. The van der Waals surface area contributed by atoms with Crippen LogP contribution in [0.1, 0.15) is 112 Å². The Morgan fingerprint density at radius 1 is 1.03 bits per heavy atom. The largest absolute Gasteiger partial charge is 0.393 e. The number of hydroxylamine groups is 1. The van der Waals surface area contributed by atoms with Gasteiger partial charge in [-0.2, -0.15) is 0 Å². The first-order chi connectivity index (χ1) is 18.0. The van der Waals surface area contributed by atoms with E-state index >= 15 is 0 Å². The highest BCUT2D eigenvalue weighted by Crippen LogP contribution is 2.38. The van der Waals surface area contributed by atoms with Crippen molar-refractivity contribution in [2.75, 3.05) is 6.54 Å². The summed E-state index contributed by atoms with van der Waals surface area (Å²) in [6, 6.07) is 10.0. The third-order valence-electron chi connectivity index (χ3n) is 7.79. The van der Waals surface area contributed by atoms with Gasteiger partial charge in [0.25, 0.3) is 5.91 Å². The second-order valence-corrected chi connectivity index (χ2v) is 11.4. The van der Waals surface area contributed by atoms with Crippen molar-refractivity contribution in [2.45, 2.75) is 104 Å². The van der Waals surface area contributed by atoms with Crippen LogP contribution in [0, 0.1) is 12.3 Å². The van der Waals surface area contributed by atoms with E-state index in [1.807, 2.05) is 30.5 Å². The van der Waals surface area contributed by atoms with Gasteiger partial charge < -0.3 is 10.4 Å². The number of rotatable bonds is 14. The average Bonchev–Trinajstić information content (AvgIpc) is 2.90. The SMILES string of the molecule is CCC(CC)(c1ccc(C(=O)NCCCCCC(=O)NO)cc1)c1cc(C)c(CCC(O)C(C)(C)C)cn1. The second-order valence-electron chi connectivity index (χ2n) is 11.4. The summed E-state index contributed by atoms with van der Waals surface area (Å²) in [7, 11) is 0. The zero-order chi connectivity index (χ0) is 28.3. The maximum Gasteiger partial charge on any atom is 0.251 e. The summed E-state index contributed by atoms with van der Waals surface area (Å²) in [6.07, 6.45) is 7.40. The van der Waals surface area contributed by atoms with Crippen LogP contribution in [-0.4, -0.2) is 39.8 Å². The van der Waals surface area contributed by atoms with Crippen LogP contribution in [0.4, 0.5) is 0 Å². The smallest absolute Gasteiger partial charge is 0.251 e. The molecule has 7 nitrogen and oxygen atoms in total. The lowest BCUT2D eigenvalue weighted by molar-refractivity contribution is -0.129. The molecule has 2 aromatic rings. The molecular formula is C31H47N3O4. The number of aromatic nitrogens is 1. The van der Waals surface area contributed by atoms with Crippen molar-refractivity contribution in [3.63, 3.8) is 0 Å². The van der Waals surface area contributed by atoms with Crippen molar-refractivity contribution >= 4 is 11.8 Å². The molecule has 1 atom stereocenters. The monoisotopic (exact) mass is 525 g/mol. The summed E-state index contributed by atoms with van der Waals surface area (Å²) in [4.78, 5) is 28.6. The van der Waals surface area contributed by atoms with E-state index in [0.717, 1.165) is 43.4 Å². The van der Waals surface area contributed by atoms with E-state index in [1.165, 1.54) is 11.1 Å². The molecule has 1 unspecified atom stereocenters. The Hall–Kier alpha value is -2.77. The molecule has 0 aliphatic heterocycles. The Labute approximate surface area is 228 Å². The summed E-state index contributed by atoms with van der Waals surface area (Å²) in [5, 5.41) is 21.9. The Kier molecular flexibility index (Phi) is 11.9. The zero-order valence-electron chi connectivity index (χ0n) is 24.1. The van der Waals surface area contributed by atoms with Gasteiger partial charge in [0.2, 0.25) is 5.91 Å². The molecule has 2 rings (SSSR count). The lowest BCUT2D eigenvalue weighted by Crippen LogP contribution is -2.29. The van der Waals surface area contributed by atoms with E-state index in [1.54, 1.807) is 5.48 Å². The lowest BCUT2D eigenvalue weighted by atomic mass is 9.72. The summed E-state index contributed by atoms with van der Waals surface area (Å²) in [6.45, 7) is 13.2. The number of aryl methyl sites for hydroxylation is 2. The summed E-state index contributed by atoms with van der Waals surface area (Å²) in [5.41, 5.74) is 6.40. The van der Waals surface area contributed by atoms with Crippen molar-refractivity contribution in [1.82, 2.24) is 15.8 Å². The van der Waals surface area contributed by atoms with Crippen LogP contribution in [0.15, 0.2) is 36.5 Å². The van der Waals surface area contributed by atoms with E-state index < -0.39 is 0 Å². The third-order valence-corrected chi connectivity index (χ3v) is 7.79. The highest BCUT2D eigenvalue weighted by molar-refractivity contribution is 5.94. The molecule has 210 valence electrons. The van der Waals surface area contributed by atoms with Crippen molar-refractivity contribution in [3.8, 4) is 0 Å². The van der Waals surface area contributed by atoms with Gasteiger partial charge >= 0.3 is 0 Å². The number of carbonyl (C=O) groups excluding carboxylic acids is 2. The molecule has 0 aliphatic rings. The molecule has 0 fully saturated rings. The molecule has 1 aromatic heterocycles. The molecule has 7 heteroatoms. The average molecular weight is 526 g/mol. The van der Waals surface area contributed by atoms with Gasteiger partial charge in [-0.25, -0.2) is 5.48 Å². The van der Waals surface area contributed by atoms with Crippen LogP contribution in [0.2, 0.25) is 0 Å². The number of carbonyl (C=O) groups is 2. The van der Waals surface area contributed by atoms with Gasteiger partial charge in [-0.3, -0.25) is 19.8 Å². The first-order valence-electron chi connectivity index (χ1n) is 13.9. The standard InChI is InChI=1S/C31H47N3O4/c1-7-31(8-2,26-20-22(3)24(21-33-26)15-18-27(35)30(4,5)6)25-16-13-23(14-17-25)29(37)32-19-11-9-10-12-28(36)34-38/h13-14,16-17,20-21,27,35,38H,7-12,15,18-19H2,1-6H3,(H,32,37)(H,34,36). The first-order valence-corrected chi connectivity index (χ1v) is 13.9. The summed E-state index contributed by atoms with van der Waals surface area (Å²) >= 11 is 0. The molecule has 2 amide bonds. The molecule has 38 heavy (non-hydrogen) atoms. The molecule has 0 saturated carbocycles. The Morgan fingerprint density at radius 3 is 2.24 bits per heavy atom. The van der Waals surface area contributed by atoms with Crippen LogP contribution in [0.25, 0.3) is 0 Å². The number of aliphatic hydroxyl groups excluding tert-OH is 1. The van der Waals surface area contributed by atoms with E-state index in [4.69, 9.17) is 10.2 Å². The number of benzene rings is 1. The van der Waals surface area contributed by atoms with Crippen molar-refractivity contribution in [1.29, 1.82) is 0 Å². The van der Waals surface area contributed by atoms with Crippen LogP contribution in [0.3, 0.4) is 0 Å². The van der Waals surface area contributed by atoms with E-state index in [-0.39, 0.29) is 35.2 Å². The maximum atomic E-state index is 12.6. The van der Waals surface area contributed by atoms with Gasteiger partial charge in [-0.15, -0.1) is 0 Å². The molecule has 0 aliphatic carbocycles. The molecule has 1 aromatic carbocycles. The summed E-state index contributed by atoms with van der Waals surface area (Å²) in [5.74, 6) is -0.499. The van der Waals surface area contributed by atoms with E-state index in [9.17, 15) is 14.7 Å². The van der Waals surface area contributed by atoms with E-state index in [2.05, 4.69) is 52.9 Å². The van der Waals surface area contributed by atoms with Gasteiger partial charge in [0.05, 0.1) is 11.8 Å². The number of aliphatic hydroxyl groups is 1. The number of hydrogen-bond acceptors (Lipinski definition) is 5. The third kappa shape index (κ3) is 8.37. The van der Waals surface area contributed by atoms with Crippen LogP contribution >= 0.6 is 0 Å². The number of nitrogens with one attached hydrogen (secondary N) is 2. The van der Waals surface area contributed by atoms with Crippen molar-refractivity contribution in [3.05, 3.63) is 64.5 Å². The number of pyridine rings is 1. The number of hydrogen-bond donors (Lipinski definition) is 4. The maximum absolute atomic E-state index is 12.6. The molecular weight excluding hydrogens is 478 g/mol. The minimum atomic E-state index is -0.387.